The van der Waals surface area contributed by atoms with Crippen LogP contribution in [0.2, 0.25) is 0 Å². The van der Waals surface area contributed by atoms with Crippen molar-refractivity contribution in [1.82, 2.24) is 19.9 Å². The number of aromatic nitrogens is 3. The Morgan fingerprint density at radius 1 is 1.15 bits per heavy atom. The maximum Gasteiger partial charge on any atom is 0.248 e. The van der Waals surface area contributed by atoms with Crippen LogP contribution in [0.5, 0.6) is 5.75 Å². The maximum absolute atomic E-state index is 11.7. The van der Waals surface area contributed by atoms with E-state index in [4.69, 9.17) is 15.5 Å². The fraction of sp³-hybridized carbons (Fsp3) is 0.448. The monoisotopic (exact) mass is 534 g/mol. The summed E-state index contributed by atoms with van der Waals surface area (Å²) in [6.07, 6.45) is 0.988. The van der Waals surface area contributed by atoms with Crippen molar-refractivity contribution in [3.63, 3.8) is 0 Å². The molecular weight excluding hydrogens is 492 g/mol. The Hall–Kier alpha value is -3.92. The lowest BCUT2D eigenvalue weighted by Gasteiger charge is -2.22. The summed E-state index contributed by atoms with van der Waals surface area (Å²) >= 11 is 0. The van der Waals surface area contributed by atoms with Gasteiger partial charge < -0.3 is 26.0 Å². The number of carbonyl (C=O) groups excluding carboxylic acids is 1. The first-order valence-electron chi connectivity index (χ1n) is 13.0. The van der Waals surface area contributed by atoms with E-state index in [1.165, 1.54) is 5.56 Å². The third-order valence-corrected chi connectivity index (χ3v) is 6.54. The molecule has 1 amide bonds. The van der Waals surface area contributed by atoms with Gasteiger partial charge in [-0.3, -0.25) is 9.69 Å². The summed E-state index contributed by atoms with van der Waals surface area (Å²) in [6, 6.07) is 13.7. The van der Waals surface area contributed by atoms with E-state index in [-0.39, 0.29) is 13.5 Å². The van der Waals surface area contributed by atoms with Gasteiger partial charge in [-0.25, -0.2) is 0 Å². The number of primary amides is 1. The highest BCUT2D eigenvalue weighted by atomic mass is 16.5. The Morgan fingerprint density at radius 2 is 1.87 bits per heavy atom. The highest BCUT2D eigenvalue weighted by Crippen LogP contribution is 2.24. The molecule has 10 heteroatoms. The summed E-state index contributed by atoms with van der Waals surface area (Å²) in [5, 5.41) is 6.80. The van der Waals surface area contributed by atoms with Gasteiger partial charge in [0, 0.05) is 50.5 Å². The van der Waals surface area contributed by atoms with Crippen LogP contribution in [0.15, 0.2) is 42.5 Å². The predicted octanol–water partition coefficient (Wildman–Crippen LogP) is 4.45. The molecule has 1 atom stereocenters. The van der Waals surface area contributed by atoms with Crippen LogP contribution in [-0.2, 0) is 6.54 Å². The van der Waals surface area contributed by atoms with Crippen molar-refractivity contribution < 1.29 is 9.53 Å². The number of ether oxygens (including phenoxy) is 1. The number of nitrogens with two attached hydrogens (primary N) is 1. The van der Waals surface area contributed by atoms with Crippen LogP contribution < -0.4 is 26.0 Å². The number of methoxy groups -OCH3 is 1. The number of hydrogen-bond acceptors (Lipinski definition) is 9. The highest BCUT2D eigenvalue weighted by Gasteiger charge is 2.24. The Kier molecular flexibility index (Phi) is 10.1. The van der Waals surface area contributed by atoms with Crippen molar-refractivity contribution in [3.05, 3.63) is 59.2 Å². The number of nitrogens with zero attached hydrogens (tertiary/aromatic N) is 5. The number of likely N-dealkylation sites (tertiary alicyclic amines) is 1. The molecule has 210 valence electrons. The molecule has 1 aliphatic rings. The van der Waals surface area contributed by atoms with E-state index in [1.807, 2.05) is 37.1 Å². The van der Waals surface area contributed by atoms with Gasteiger partial charge in [0.2, 0.25) is 23.8 Å². The first-order valence-corrected chi connectivity index (χ1v) is 13.0. The Balaban J connectivity index is 0.00000420. The molecule has 1 aromatic heterocycles. The first-order chi connectivity index (χ1) is 18.2. The van der Waals surface area contributed by atoms with E-state index < -0.39 is 5.91 Å². The van der Waals surface area contributed by atoms with Gasteiger partial charge in [0.25, 0.3) is 0 Å². The lowest BCUT2D eigenvalue weighted by Crippen LogP contribution is -2.28. The molecule has 0 saturated carbocycles. The summed E-state index contributed by atoms with van der Waals surface area (Å²) in [6.45, 7) is 9.82. The molecule has 2 aromatic carbocycles. The number of anilines is 4. The molecule has 10 nitrogen and oxygen atoms in total. The number of carbonyl (C=O) groups is 1. The average molecular weight is 535 g/mol. The average Bonchev–Trinajstić information content (AvgIpc) is 3.31. The van der Waals surface area contributed by atoms with Gasteiger partial charge in [-0.1, -0.05) is 39.5 Å². The summed E-state index contributed by atoms with van der Waals surface area (Å²) < 4.78 is 5.27. The SMILES string of the molecule is C.COc1ccc(CN2CCC(Nc3nc(Nc4cc(C(N)=O)ccc4C)nc(N(C)CC(C)C)n3)C2)cc1. The van der Waals surface area contributed by atoms with Crippen molar-refractivity contribution >= 4 is 29.4 Å². The molecule has 0 spiro atoms. The van der Waals surface area contributed by atoms with Gasteiger partial charge in [0.15, 0.2) is 0 Å². The summed E-state index contributed by atoms with van der Waals surface area (Å²) in [7, 11) is 3.66. The minimum absolute atomic E-state index is 0. The fourth-order valence-corrected chi connectivity index (χ4v) is 4.58. The van der Waals surface area contributed by atoms with E-state index in [0.717, 1.165) is 49.6 Å². The molecule has 1 aliphatic heterocycles. The zero-order valence-corrected chi connectivity index (χ0v) is 22.9. The van der Waals surface area contributed by atoms with Gasteiger partial charge in [0.05, 0.1) is 7.11 Å². The quantitative estimate of drug-likeness (QED) is 0.328. The van der Waals surface area contributed by atoms with Crippen molar-refractivity contribution in [1.29, 1.82) is 0 Å². The Labute approximate surface area is 232 Å². The van der Waals surface area contributed by atoms with Crippen molar-refractivity contribution in [2.75, 3.05) is 49.3 Å². The van der Waals surface area contributed by atoms with E-state index in [9.17, 15) is 4.79 Å². The lowest BCUT2D eigenvalue weighted by atomic mass is 10.1. The van der Waals surface area contributed by atoms with Gasteiger partial charge in [-0.05, 0) is 54.7 Å². The second kappa shape index (κ2) is 13.2. The third-order valence-electron chi connectivity index (χ3n) is 6.54. The van der Waals surface area contributed by atoms with Crippen LogP contribution in [0.25, 0.3) is 0 Å². The smallest absolute Gasteiger partial charge is 0.248 e. The Bertz CT molecular complexity index is 1250. The molecule has 39 heavy (non-hydrogen) atoms. The van der Waals surface area contributed by atoms with E-state index in [1.54, 1.807) is 19.2 Å². The number of amides is 1. The van der Waals surface area contributed by atoms with Crippen molar-refractivity contribution in [3.8, 4) is 5.75 Å². The van der Waals surface area contributed by atoms with E-state index >= 15 is 0 Å². The summed E-state index contributed by atoms with van der Waals surface area (Å²) in [4.78, 5) is 30.2. The molecule has 0 radical (unpaired) electrons. The zero-order valence-electron chi connectivity index (χ0n) is 22.9. The molecule has 2 heterocycles. The number of hydrogen-bond donors (Lipinski definition) is 3. The molecular formula is C29H42N8O2. The van der Waals surface area contributed by atoms with Crippen LogP contribution in [0.3, 0.4) is 0 Å². The minimum Gasteiger partial charge on any atom is -0.497 e. The van der Waals surface area contributed by atoms with Crippen LogP contribution in [-0.4, -0.2) is 65.6 Å². The summed E-state index contributed by atoms with van der Waals surface area (Å²) in [5.74, 6) is 2.34. The second-order valence-corrected chi connectivity index (χ2v) is 10.3. The maximum atomic E-state index is 11.7. The van der Waals surface area contributed by atoms with Crippen LogP contribution in [0.1, 0.15) is 49.2 Å². The first kappa shape index (κ1) is 29.6. The van der Waals surface area contributed by atoms with E-state index in [0.29, 0.717) is 29.3 Å². The second-order valence-electron chi connectivity index (χ2n) is 10.3. The van der Waals surface area contributed by atoms with Gasteiger partial charge in [-0.2, -0.15) is 15.0 Å². The standard InChI is InChI=1S/C28H38N8O2.CH4/c1-18(2)15-35(4)28-33-26(32-27(34-28)31-24-14-21(25(29)37)9-6-19(24)3)30-22-12-13-36(17-22)16-20-7-10-23(38-5)11-8-20;/h6-11,14,18,22H,12-13,15-17H2,1-5H3,(H2,29,37)(H2,30,31,32,33,34);1H4. The molecule has 1 fully saturated rings. The number of aryl methyl sites for hydroxylation is 1. The number of nitrogens with one attached hydrogen (secondary N) is 2. The molecule has 1 unspecified atom stereocenters. The topological polar surface area (TPSA) is 122 Å². The molecule has 3 aromatic rings. The molecule has 4 N–H and O–H groups in total. The largest absolute Gasteiger partial charge is 0.497 e. The molecule has 0 aliphatic carbocycles. The van der Waals surface area contributed by atoms with Gasteiger partial charge >= 0.3 is 0 Å². The third kappa shape index (κ3) is 8.03. The zero-order chi connectivity index (χ0) is 27.2. The van der Waals surface area contributed by atoms with Crippen LogP contribution in [0.4, 0.5) is 23.5 Å². The predicted molar refractivity (Wildman–Crippen MR) is 158 cm³/mol. The van der Waals surface area contributed by atoms with Crippen molar-refractivity contribution in [2.45, 2.75) is 47.2 Å². The highest BCUT2D eigenvalue weighted by molar-refractivity contribution is 5.94. The fourth-order valence-electron chi connectivity index (χ4n) is 4.58. The van der Waals surface area contributed by atoms with Crippen LogP contribution in [0, 0.1) is 12.8 Å². The Morgan fingerprint density at radius 3 is 2.54 bits per heavy atom. The molecule has 0 bridgehead atoms. The molecule has 1 saturated heterocycles. The van der Waals surface area contributed by atoms with Gasteiger partial charge in [0.1, 0.15) is 5.75 Å². The normalized spacial score (nSPS) is 15.1. The number of rotatable bonds is 11. The lowest BCUT2D eigenvalue weighted by molar-refractivity contribution is 0.100. The van der Waals surface area contributed by atoms with Crippen LogP contribution >= 0.6 is 0 Å². The molecule has 4 rings (SSSR count). The van der Waals surface area contributed by atoms with Crippen molar-refractivity contribution in [2.24, 2.45) is 11.7 Å². The number of benzene rings is 2. The minimum atomic E-state index is -0.483. The summed E-state index contributed by atoms with van der Waals surface area (Å²) in [5.41, 5.74) is 8.84. The van der Waals surface area contributed by atoms with E-state index in [2.05, 4.69) is 51.5 Å². The van der Waals surface area contributed by atoms with Gasteiger partial charge in [-0.15, -0.1) is 0 Å².